The number of aryl methyl sites for hydroxylation is 1. The minimum Gasteiger partial charge on any atom is -0.497 e. The number of carbonyl (C=O) groups is 2. The molecule has 0 aliphatic heterocycles. The van der Waals surface area contributed by atoms with Crippen molar-refractivity contribution in [2.24, 2.45) is 0 Å². The van der Waals surface area contributed by atoms with Crippen molar-refractivity contribution in [3.8, 4) is 11.5 Å². The third-order valence-electron chi connectivity index (χ3n) is 5.27. The Hall–Kier alpha value is -2.96. The zero-order valence-electron chi connectivity index (χ0n) is 18.5. The minimum atomic E-state index is -0.414. The number of H-pyrrole nitrogens is 1. The molecule has 1 saturated carbocycles. The quantitative estimate of drug-likeness (QED) is 0.660. The van der Waals surface area contributed by atoms with Gasteiger partial charge in [0.1, 0.15) is 17.2 Å². The molecule has 162 valence electrons. The second-order valence-corrected chi connectivity index (χ2v) is 7.92. The van der Waals surface area contributed by atoms with Crippen molar-refractivity contribution < 1.29 is 23.8 Å². The van der Waals surface area contributed by atoms with Crippen molar-refractivity contribution in [1.82, 2.24) is 9.88 Å². The van der Waals surface area contributed by atoms with Crippen LogP contribution in [0, 0.1) is 13.8 Å². The van der Waals surface area contributed by atoms with Crippen molar-refractivity contribution in [3.05, 3.63) is 46.3 Å². The van der Waals surface area contributed by atoms with E-state index in [4.69, 9.17) is 14.2 Å². The van der Waals surface area contributed by atoms with E-state index >= 15 is 0 Å². The first-order valence-electron chi connectivity index (χ1n) is 10.2. The van der Waals surface area contributed by atoms with Crippen LogP contribution in [-0.2, 0) is 11.3 Å². The number of hydrogen-bond donors (Lipinski definition) is 1. The molecule has 1 aliphatic rings. The zero-order valence-corrected chi connectivity index (χ0v) is 18.5. The van der Waals surface area contributed by atoms with Crippen LogP contribution < -0.4 is 9.47 Å². The Balaban J connectivity index is 1.92. The molecule has 2 aromatic rings. The van der Waals surface area contributed by atoms with Gasteiger partial charge in [-0.1, -0.05) is 0 Å². The number of nitrogens with one attached hydrogen (secondary N) is 1. The lowest BCUT2D eigenvalue weighted by Gasteiger charge is -2.24. The maximum absolute atomic E-state index is 13.5. The molecule has 1 amide bonds. The summed E-state index contributed by atoms with van der Waals surface area (Å²) in [5, 5.41) is 0. The highest BCUT2D eigenvalue weighted by atomic mass is 16.5. The molecule has 30 heavy (non-hydrogen) atoms. The number of esters is 1. The van der Waals surface area contributed by atoms with Crippen LogP contribution in [0.25, 0.3) is 0 Å². The van der Waals surface area contributed by atoms with E-state index in [1.165, 1.54) is 0 Å². The van der Waals surface area contributed by atoms with Gasteiger partial charge in [0.05, 0.1) is 32.4 Å². The number of hydrogen-bond acceptors (Lipinski definition) is 5. The molecule has 0 atom stereocenters. The molecular formula is C23H30N2O5. The van der Waals surface area contributed by atoms with Crippen LogP contribution in [0.2, 0.25) is 0 Å². The first kappa shape index (κ1) is 21.7. The highest BCUT2D eigenvalue weighted by Gasteiger charge is 2.36. The summed E-state index contributed by atoms with van der Waals surface area (Å²) in [5.41, 5.74) is 2.99. The smallest absolute Gasteiger partial charge is 0.340 e. The number of aromatic amines is 1. The molecule has 1 heterocycles. The summed E-state index contributed by atoms with van der Waals surface area (Å²) in [7, 11) is 3.22. The van der Waals surface area contributed by atoms with E-state index in [0.29, 0.717) is 40.6 Å². The molecule has 1 aliphatic carbocycles. The molecule has 1 fully saturated rings. The molecule has 7 heteroatoms. The second kappa shape index (κ2) is 8.81. The third kappa shape index (κ3) is 4.45. The Morgan fingerprint density at radius 2 is 1.87 bits per heavy atom. The maximum atomic E-state index is 13.5. The van der Waals surface area contributed by atoms with E-state index in [1.54, 1.807) is 41.9 Å². The highest BCUT2D eigenvalue weighted by Crippen LogP contribution is 2.34. The number of carbonyl (C=O) groups excluding carboxylic acids is 2. The van der Waals surface area contributed by atoms with Crippen LogP contribution in [-0.4, -0.2) is 48.1 Å². The molecule has 0 saturated heterocycles. The van der Waals surface area contributed by atoms with Gasteiger partial charge >= 0.3 is 5.97 Å². The Morgan fingerprint density at radius 1 is 1.17 bits per heavy atom. The van der Waals surface area contributed by atoms with E-state index in [-0.39, 0.29) is 18.1 Å². The number of nitrogens with zero attached hydrogens (tertiary/aromatic N) is 1. The van der Waals surface area contributed by atoms with E-state index in [1.807, 2.05) is 23.1 Å². The molecule has 1 aromatic heterocycles. The van der Waals surface area contributed by atoms with E-state index in [2.05, 4.69) is 4.98 Å². The van der Waals surface area contributed by atoms with Crippen LogP contribution in [0.5, 0.6) is 11.5 Å². The first-order chi connectivity index (χ1) is 14.3. The largest absolute Gasteiger partial charge is 0.497 e. The van der Waals surface area contributed by atoms with Crippen LogP contribution in [0.15, 0.2) is 18.2 Å². The number of benzene rings is 1. The Labute approximate surface area is 177 Å². The van der Waals surface area contributed by atoms with E-state index < -0.39 is 5.97 Å². The Kier molecular flexibility index (Phi) is 6.39. The van der Waals surface area contributed by atoms with Gasteiger partial charge in [-0.3, -0.25) is 4.79 Å². The van der Waals surface area contributed by atoms with Crippen LogP contribution >= 0.6 is 0 Å². The molecule has 0 unspecified atom stereocenters. The van der Waals surface area contributed by atoms with Gasteiger partial charge in [0, 0.05) is 17.3 Å². The summed E-state index contributed by atoms with van der Waals surface area (Å²) < 4.78 is 16.2. The van der Waals surface area contributed by atoms with Crippen molar-refractivity contribution in [2.75, 3.05) is 14.2 Å². The topological polar surface area (TPSA) is 80.9 Å². The molecule has 0 bridgehead atoms. The Morgan fingerprint density at radius 3 is 2.43 bits per heavy atom. The lowest BCUT2D eigenvalue weighted by Crippen LogP contribution is -2.33. The normalized spacial score (nSPS) is 13.3. The van der Waals surface area contributed by atoms with Gasteiger partial charge in [0.2, 0.25) is 0 Å². The summed E-state index contributed by atoms with van der Waals surface area (Å²) >= 11 is 0. The van der Waals surface area contributed by atoms with Gasteiger partial charge in [-0.25, -0.2) is 4.79 Å². The molecule has 3 rings (SSSR count). The summed E-state index contributed by atoms with van der Waals surface area (Å²) in [4.78, 5) is 30.9. The lowest BCUT2D eigenvalue weighted by atomic mass is 10.1. The Bertz CT molecular complexity index is 943. The fourth-order valence-corrected chi connectivity index (χ4v) is 3.63. The van der Waals surface area contributed by atoms with Crippen LogP contribution in [0.1, 0.15) is 64.4 Å². The van der Waals surface area contributed by atoms with Crippen LogP contribution in [0.4, 0.5) is 0 Å². The molecule has 1 aromatic carbocycles. The monoisotopic (exact) mass is 414 g/mol. The zero-order chi connectivity index (χ0) is 22.0. The molecule has 0 radical (unpaired) electrons. The van der Waals surface area contributed by atoms with Gasteiger partial charge in [0.25, 0.3) is 5.91 Å². The number of rotatable bonds is 8. The van der Waals surface area contributed by atoms with Gasteiger partial charge in [0.15, 0.2) is 0 Å². The predicted octanol–water partition coefficient (Wildman–Crippen LogP) is 4.02. The molecular weight excluding hydrogens is 384 g/mol. The third-order valence-corrected chi connectivity index (χ3v) is 5.27. The van der Waals surface area contributed by atoms with Gasteiger partial charge in [-0.15, -0.1) is 0 Å². The molecule has 1 N–H and O–H groups in total. The summed E-state index contributed by atoms with van der Waals surface area (Å²) in [6, 6.07) is 5.73. The van der Waals surface area contributed by atoms with E-state index in [0.717, 1.165) is 18.4 Å². The number of amides is 1. The minimum absolute atomic E-state index is 0.133. The summed E-state index contributed by atoms with van der Waals surface area (Å²) in [6.45, 7) is 7.57. The fourth-order valence-electron chi connectivity index (χ4n) is 3.63. The second-order valence-electron chi connectivity index (χ2n) is 7.92. The van der Waals surface area contributed by atoms with Gasteiger partial charge < -0.3 is 24.1 Å². The number of methoxy groups -OCH3 is 2. The van der Waals surface area contributed by atoms with Crippen molar-refractivity contribution in [1.29, 1.82) is 0 Å². The lowest BCUT2D eigenvalue weighted by molar-refractivity contribution is 0.0376. The molecule has 7 nitrogen and oxygen atoms in total. The van der Waals surface area contributed by atoms with Gasteiger partial charge in [-0.2, -0.15) is 0 Å². The average Bonchev–Trinajstić information content (AvgIpc) is 3.49. The standard InChI is InChI=1S/C23H30N2O5/c1-13(2)30-23(27)20-14(3)21(24-15(20)4)22(26)25(17-7-8-17)12-16-11-18(28-5)9-10-19(16)29-6/h9-11,13,17,24H,7-8,12H2,1-6H3. The summed E-state index contributed by atoms with van der Waals surface area (Å²) in [5.74, 6) is 0.865. The predicted molar refractivity (Wildman–Crippen MR) is 113 cm³/mol. The SMILES string of the molecule is COc1ccc(OC)c(CN(C(=O)c2[nH]c(C)c(C(=O)OC(C)C)c2C)C2CC2)c1. The summed E-state index contributed by atoms with van der Waals surface area (Å²) in [6.07, 6.45) is 1.69. The van der Waals surface area contributed by atoms with Crippen molar-refractivity contribution in [3.63, 3.8) is 0 Å². The van der Waals surface area contributed by atoms with Crippen molar-refractivity contribution in [2.45, 2.75) is 59.2 Å². The number of ether oxygens (including phenoxy) is 3. The van der Waals surface area contributed by atoms with Gasteiger partial charge in [-0.05, 0) is 64.3 Å². The highest BCUT2D eigenvalue weighted by molar-refractivity contribution is 6.00. The fraction of sp³-hybridized carbons (Fsp3) is 0.478. The molecule has 0 spiro atoms. The average molecular weight is 415 g/mol. The number of aromatic nitrogens is 1. The van der Waals surface area contributed by atoms with Crippen LogP contribution in [0.3, 0.4) is 0 Å². The van der Waals surface area contributed by atoms with Crippen molar-refractivity contribution >= 4 is 11.9 Å². The maximum Gasteiger partial charge on any atom is 0.340 e. The first-order valence-corrected chi connectivity index (χ1v) is 10.2. The van der Waals surface area contributed by atoms with E-state index in [9.17, 15) is 9.59 Å².